The van der Waals surface area contributed by atoms with E-state index in [-0.39, 0.29) is 29.6 Å². The van der Waals surface area contributed by atoms with Gasteiger partial charge >= 0.3 is 5.69 Å². The van der Waals surface area contributed by atoms with E-state index in [0.29, 0.717) is 21.3 Å². The van der Waals surface area contributed by atoms with Crippen LogP contribution in [0.3, 0.4) is 0 Å². The van der Waals surface area contributed by atoms with E-state index in [1.165, 1.54) is 37.7 Å². The highest BCUT2D eigenvalue weighted by molar-refractivity contribution is 7.17. The summed E-state index contributed by atoms with van der Waals surface area (Å²) in [6, 6.07) is 12.3. The van der Waals surface area contributed by atoms with Gasteiger partial charge in [-0.2, -0.15) is 5.10 Å². The number of ether oxygens (including phenoxy) is 2. The van der Waals surface area contributed by atoms with Crippen LogP contribution < -0.4 is 14.9 Å². The fraction of sp³-hybridized carbons (Fsp3) is 0.190. The van der Waals surface area contributed by atoms with Gasteiger partial charge in [-0.1, -0.05) is 41.7 Å². The molecule has 10 heteroatoms. The van der Waals surface area contributed by atoms with Crippen molar-refractivity contribution in [2.75, 3.05) is 12.5 Å². The molecule has 9 nitrogen and oxygen atoms in total. The molecule has 1 heterocycles. The van der Waals surface area contributed by atoms with E-state index < -0.39 is 4.92 Å². The molecular formula is C21H20N4O5S. The maximum atomic E-state index is 11.6. The Kier molecular flexibility index (Phi) is 6.93. The predicted octanol–water partition coefficient (Wildman–Crippen LogP) is 4.60. The quantitative estimate of drug-likeness (QED) is 0.224. The van der Waals surface area contributed by atoms with Crippen LogP contribution in [0.4, 0.5) is 10.8 Å². The summed E-state index contributed by atoms with van der Waals surface area (Å²) in [5.41, 5.74) is 4.43. The molecule has 160 valence electrons. The lowest BCUT2D eigenvalue weighted by molar-refractivity contribution is -0.386. The molecule has 0 aliphatic heterocycles. The Bertz CT molecular complexity index is 1130. The monoisotopic (exact) mass is 440 g/mol. The zero-order valence-electron chi connectivity index (χ0n) is 17.1. The van der Waals surface area contributed by atoms with Crippen molar-refractivity contribution < 1.29 is 19.2 Å². The van der Waals surface area contributed by atoms with Gasteiger partial charge in [0.2, 0.25) is 10.9 Å². The summed E-state index contributed by atoms with van der Waals surface area (Å²) in [6.45, 7) is 3.37. The van der Waals surface area contributed by atoms with Gasteiger partial charge in [-0.25, -0.2) is 4.98 Å². The number of hydrogen-bond donors (Lipinski definition) is 1. The third-order valence-corrected chi connectivity index (χ3v) is 5.35. The zero-order valence-corrected chi connectivity index (χ0v) is 17.9. The van der Waals surface area contributed by atoms with E-state index >= 15 is 0 Å². The Labute approximate surface area is 182 Å². The fourth-order valence-electron chi connectivity index (χ4n) is 2.78. The van der Waals surface area contributed by atoms with Crippen molar-refractivity contribution in [2.45, 2.75) is 20.5 Å². The van der Waals surface area contributed by atoms with Crippen LogP contribution in [0.2, 0.25) is 0 Å². The molecule has 3 aromatic rings. The lowest BCUT2D eigenvalue weighted by atomic mass is 10.1. The lowest BCUT2D eigenvalue weighted by Gasteiger charge is -2.12. The van der Waals surface area contributed by atoms with E-state index in [1.807, 2.05) is 30.3 Å². The zero-order chi connectivity index (χ0) is 22.4. The summed E-state index contributed by atoms with van der Waals surface area (Å²) < 4.78 is 11.0. The number of anilines is 1. The Morgan fingerprint density at radius 3 is 2.68 bits per heavy atom. The van der Waals surface area contributed by atoms with Crippen molar-refractivity contribution in [1.29, 1.82) is 0 Å². The molecule has 0 fully saturated rings. The first-order chi connectivity index (χ1) is 14.9. The highest BCUT2D eigenvalue weighted by atomic mass is 32.1. The van der Waals surface area contributed by atoms with Crippen molar-refractivity contribution >= 4 is 34.2 Å². The molecule has 0 saturated heterocycles. The van der Waals surface area contributed by atoms with Gasteiger partial charge in [0.1, 0.15) is 6.61 Å². The molecule has 31 heavy (non-hydrogen) atoms. The number of hydrogen-bond acceptors (Lipinski definition) is 9. The number of aryl methyl sites for hydroxylation is 1. The third-order valence-electron chi connectivity index (χ3n) is 4.19. The summed E-state index contributed by atoms with van der Waals surface area (Å²) >= 11 is 1.19. The smallest absolute Gasteiger partial charge is 0.315 e. The van der Waals surface area contributed by atoms with Crippen LogP contribution in [0.1, 0.15) is 33.4 Å². The molecule has 3 rings (SSSR count). The number of carbonyl (C=O) groups excluding carboxylic acids is 1. The van der Waals surface area contributed by atoms with Crippen LogP contribution in [0.15, 0.2) is 47.6 Å². The number of ketones is 1. The van der Waals surface area contributed by atoms with Gasteiger partial charge in [0.05, 0.1) is 28.8 Å². The van der Waals surface area contributed by atoms with Gasteiger partial charge in [-0.15, -0.1) is 0 Å². The molecule has 1 N–H and O–H groups in total. The van der Waals surface area contributed by atoms with Gasteiger partial charge in [-0.05, 0) is 18.6 Å². The fourth-order valence-corrected chi connectivity index (χ4v) is 3.59. The molecule has 1 aromatic heterocycles. The van der Waals surface area contributed by atoms with Gasteiger partial charge in [0.15, 0.2) is 11.5 Å². The highest BCUT2D eigenvalue weighted by Crippen LogP contribution is 2.38. The number of carbonyl (C=O) groups is 1. The number of methoxy groups -OCH3 is 1. The topological polar surface area (TPSA) is 116 Å². The molecular weight excluding hydrogens is 420 g/mol. The Balaban J connectivity index is 1.82. The number of aromatic nitrogens is 1. The van der Waals surface area contributed by atoms with Crippen molar-refractivity contribution in [2.24, 2.45) is 5.10 Å². The van der Waals surface area contributed by atoms with Crippen LogP contribution in [-0.4, -0.2) is 29.0 Å². The average Bonchev–Trinajstić information content (AvgIpc) is 3.13. The molecule has 0 bridgehead atoms. The summed E-state index contributed by atoms with van der Waals surface area (Å²) in [5, 5.41) is 16.1. The number of nitrogens with one attached hydrogen (secondary N) is 1. The summed E-state index contributed by atoms with van der Waals surface area (Å²) in [4.78, 5) is 27.4. The van der Waals surface area contributed by atoms with E-state index in [9.17, 15) is 14.9 Å². The molecule has 0 aliphatic carbocycles. The normalized spacial score (nSPS) is 10.8. The number of rotatable bonds is 9. The number of Topliss-reactive ketones (excluding diaryl/α,β-unsaturated/α-hetero) is 1. The first-order valence-corrected chi connectivity index (χ1v) is 10.0. The first-order valence-electron chi connectivity index (χ1n) is 9.19. The maximum Gasteiger partial charge on any atom is 0.315 e. The van der Waals surface area contributed by atoms with Crippen molar-refractivity contribution in [3.05, 3.63) is 74.3 Å². The average molecular weight is 440 g/mol. The number of benzene rings is 2. The van der Waals surface area contributed by atoms with Crippen LogP contribution in [0.25, 0.3) is 0 Å². The number of nitro groups is 1. The minimum Gasteiger partial charge on any atom is -0.493 e. The van der Waals surface area contributed by atoms with Gasteiger partial charge in [0, 0.05) is 18.6 Å². The Hall–Kier alpha value is -3.79. The summed E-state index contributed by atoms with van der Waals surface area (Å²) in [6.07, 6.45) is 1.40. The lowest BCUT2D eigenvalue weighted by Crippen LogP contribution is -2.03. The second-order valence-corrected chi connectivity index (χ2v) is 7.46. The first kappa shape index (κ1) is 21.9. The Morgan fingerprint density at radius 1 is 1.32 bits per heavy atom. The molecule has 0 amide bonds. The Morgan fingerprint density at radius 2 is 2.06 bits per heavy atom. The minimum atomic E-state index is -0.531. The van der Waals surface area contributed by atoms with Crippen LogP contribution >= 0.6 is 11.3 Å². The third kappa shape index (κ3) is 5.43. The van der Waals surface area contributed by atoms with E-state index in [2.05, 4.69) is 15.5 Å². The van der Waals surface area contributed by atoms with Gasteiger partial charge in [0.25, 0.3) is 0 Å². The number of thiazole rings is 1. The molecule has 0 saturated carbocycles. The van der Waals surface area contributed by atoms with Gasteiger partial charge in [-0.3, -0.25) is 20.3 Å². The molecule has 2 aromatic carbocycles. The highest BCUT2D eigenvalue weighted by Gasteiger charge is 2.22. The second-order valence-electron chi connectivity index (χ2n) is 6.46. The summed E-state index contributed by atoms with van der Waals surface area (Å²) in [7, 11) is 1.41. The molecule has 0 atom stereocenters. The standard InChI is InChI=1S/C21H20N4O5S/c1-13-20(14(2)26)31-21(23-13)24-22-11-16-9-17(25(27)28)19(18(10-16)29-3)30-12-15-7-5-4-6-8-15/h4-11H,12H2,1-3H3,(H,23,24)/b22-11-. The largest absolute Gasteiger partial charge is 0.493 e. The molecule has 0 radical (unpaired) electrons. The summed E-state index contributed by atoms with van der Waals surface area (Å²) in [5.74, 6) is 0.192. The van der Waals surface area contributed by atoms with E-state index in [4.69, 9.17) is 9.47 Å². The van der Waals surface area contributed by atoms with E-state index in [0.717, 1.165) is 5.56 Å². The number of nitro benzene ring substituents is 1. The van der Waals surface area contributed by atoms with Gasteiger partial charge < -0.3 is 9.47 Å². The van der Waals surface area contributed by atoms with Crippen LogP contribution in [0, 0.1) is 17.0 Å². The van der Waals surface area contributed by atoms with Crippen LogP contribution in [0.5, 0.6) is 11.5 Å². The molecule has 0 spiro atoms. The molecule has 0 aliphatic rings. The number of nitrogens with zero attached hydrogens (tertiary/aromatic N) is 3. The van der Waals surface area contributed by atoms with Crippen molar-refractivity contribution in [1.82, 2.24) is 4.98 Å². The molecule has 0 unspecified atom stereocenters. The van der Waals surface area contributed by atoms with Crippen molar-refractivity contribution in [3.8, 4) is 11.5 Å². The number of hydrazone groups is 1. The second kappa shape index (κ2) is 9.81. The van der Waals surface area contributed by atoms with Crippen LogP contribution in [-0.2, 0) is 6.61 Å². The van der Waals surface area contributed by atoms with Crippen molar-refractivity contribution in [3.63, 3.8) is 0 Å². The maximum absolute atomic E-state index is 11.6. The SMILES string of the molecule is COc1cc(/C=N\Nc2nc(C)c(C(C)=O)s2)cc([N+](=O)[O-])c1OCc1ccccc1. The van der Waals surface area contributed by atoms with E-state index in [1.54, 1.807) is 13.0 Å². The minimum absolute atomic E-state index is 0.0445. The predicted molar refractivity (Wildman–Crippen MR) is 118 cm³/mol.